The van der Waals surface area contributed by atoms with Crippen molar-refractivity contribution in [3.63, 3.8) is 0 Å². The van der Waals surface area contributed by atoms with Crippen LogP contribution in [0.5, 0.6) is 0 Å². The Hall–Kier alpha value is -1.02. The Labute approximate surface area is 88.5 Å². The zero-order valence-electron chi connectivity index (χ0n) is 8.47. The largest absolute Gasteiger partial charge is 0.478 e. The third-order valence-electron chi connectivity index (χ3n) is 2.20. The molecule has 0 aromatic heterocycles. The molecule has 0 heterocycles. The number of benzene rings is 1. The van der Waals surface area contributed by atoms with Gasteiger partial charge in [-0.15, -0.1) is 0 Å². The Balaban J connectivity index is 3.34. The number of halogens is 1. The van der Waals surface area contributed by atoms with Crippen LogP contribution in [0.4, 0.5) is 0 Å². The number of aromatic carboxylic acids is 1. The fourth-order valence-electron chi connectivity index (χ4n) is 1.36. The van der Waals surface area contributed by atoms with Gasteiger partial charge in [0.25, 0.3) is 0 Å². The van der Waals surface area contributed by atoms with Gasteiger partial charge in [0, 0.05) is 5.02 Å². The van der Waals surface area contributed by atoms with E-state index in [9.17, 15) is 4.79 Å². The Morgan fingerprint density at radius 2 is 2.00 bits per heavy atom. The van der Waals surface area contributed by atoms with E-state index in [0.29, 0.717) is 16.1 Å². The van der Waals surface area contributed by atoms with Crippen LogP contribution in [0.15, 0.2) is 12.1 Å². The lowest BCUT2D eigenvalue weighted by Gasteiger charge is -2.11. The summed E-state index contributed by atoms with van der Waals surface area (Å²) in [6, 6.07) is 3.37. The van der Waals surface area contributed by atoms with Crippen LogP contribution in [-0.4, -0.2) is 11.1 Å². The van der Waals surface area contributed by atoms with Gasteiger partial charge in [0.2, 0.25) is 0 Å². The molecule has 76 valence electrons. The molecule has 2 nitrogen and oxygen atoms in total. The van der Waals surface area contributed by atoms with Crippen molar-refractivity contribution in [2.75, 3.05) is 0 Å². The number of hydrogen-bond donors (Lipinski definition) is 1. The van der Waals surface area contributed by atoms with Gasteiger partial charge in [-0.3, -0.25) is 0 Å². The van der Waals surface area contributed by atoms with Gasteiger partial charge in [-0.05, 0) is 36.1 Å². The van der Waals surface area contributed by atoms with Crippen LogP contribution in [0.25, 0.3) is 0 Å². The molecule has 0 unspecified atom stereocenters. The Morgan fingerprint density at radius 3 is 2.43 bits per heavy atom. The Morgan fingerprint density at radius 1 is 1.43 bits per heavy atom. The molecule has 0 spiro atoms. The number of rotatable bonds is 2. The van der Waals surface area contributed by atoms with Gasteiger partial charge < -0.3 is 5.11 Å². The quantitative estimate of drug-likeness (QED) is 0.815. The fourth-order valence-corrected chi connectivity index (χ4v) is 1.80. The first kappa shape index (κ1) is 11.1. The molecular weight excluding hydrogens is 200 g/mol. The molecule has 0 radical (unpaired) electrons. The summed E-state index contributed by atoms with van der Waals surface area (Å²) in [5, 5.41) is 9.56. The zero-order valence-corrected chi connectivity index (χ0v) is 9.22. The molecule has 0 bridgehead atoms. The topological polar surface area (TPSA) is 37.3 Å². The maximum absolute atomic E-state index is 10.9. The van der Waals surface area contributed by atoms with Crippen molar-refractivity contribution in [2.45, 2.75) is 26.7 Å². The summed E-state index contributed by atoms with van der Waals surface area (Å²) in [5.74, 6) is -0.665. The lowest BCUT2D eigenvalue weighted by Crippen LogP contribution is -2.02. The molecule has 1 N–H and O–H groups in total. The third kappa shape index (κ3) is 2.07. The van der Waals surface area contributed by atoms with Gasteiger partial charge in [0.15, 0.2) is 0 Å². The van der Waals surface area contributed by atoms with Gasteiger partial charge in [-0.1, -0.05) is 25.4 Å². The molecule has 0 aliphatic carbocycles. The molecule has 1 aromatic carbocycles. The average molecular weight is 213 g/mol. The van der Waals surface area contributed by atoms with E-state index in [1.54, 1.807) is 19.1 Å². The smallest absolute Gasteiger partial charge is 0.335 e. The molecule has 1 aromatic rings. The summed E-state index contributed by atoms with van der Waals surface area (Å²) in [6.07, 6.45) is 0. The summed E-state index contributed by atoms with van der Waals surface area (Å²) < 4.78 is 0. The molecule has 0 amide bonds. The predicted molar refractivity (Wildman–Crippen MR) is 57.2 cm³/mol. The standard InChI is InChI=1S/C11H13ClO2/c1-6(2)8-5-9(11(13)14)7(3)4-10(8)12/h4-6H,1-3H3,(H,13,14). The molecule has 0 atom stereocenters. The monoisotopic (exact) mass is 212 g/mol. The lowest BCUT2D eigenvalue weighted by molar-refractivity contribution is 0.0696. The zero-order chi connectivity index (χ0) is 10.9. The lowest BCUT2D eigenvalue weighted by atomic mass is 9.98. The van der Waals surface area contributed by atoms with Crippen LogP contribution >= 0.6 is 11.6 Å². The van der Waals surface area contributed by atoms with Crippen molar-refractivity contribution < 1.29 is 9.90 Å². The van der Waals surface area contributed by atoms with E-state index in [4.69, 9.17) is 16.7 Å². The Kier molecular flexibility index (Phi) is 3.17. The van der Waals surface area contributed by atoms with Gasteiger partial charge in [-0.25, -0.2) is 4.79 Å². The second-order valence-electron chi connectivity index (χ2n) is 3.65. The van der Waals surface area contributed by atoms with Crippen molar-refractivity contribution in [3.8, 4) is 0 Å². The van der Waals surface area contributed by atoms with Crippen LogP contribution < -0.4 is 0 Å². The van der Waals surface area contributed by atoms with E-state index in [2.05, 4.69) is 0 Å². The van der Waals surface area contributed by atoms with Crippen molar-refractivity contribution >= 4 is 17.6 Å². The highest BCUT2D eigenvalue weighted by Gasteiger charge is 2.12. The first-order valence-corrected chi connectivity index (χ1v) is 4.84. The predicted octanol–water partition coefficient (Wildman–Crippen LogP) is 3.47. The molecule has 14 heavy (non-hydrogen) atoms. The molecule has 0 aliphatic rings. The van der Waals surface area contributed by atoms with E-state index < -0.39 is 5.97 Å². The van der Waals surface area contributed by atoms with Gasteiger partial charge in [0.1, 0.15) is 0 Å². The Bertz CT molecular complexity index is 370. The molecule has 0 aliphatic heterocycles. The van der Waals surface area contributed by atoms with E-state index >= 15 is 0 Å². The molecule has 3 heteroatoms. The first-order valence-electron chi connectivity index (χ1n) is 4.46. The van der Waals surface area contributed by atoms with Crippen LogP contribution in [-0.2, 0) is 0 Å². The van der Waals surface area contributed by atoms with E-state index in [1.807, 2.05) is 13.8 Å². The number of carboxylic acids is 1. The molecule has 0 saturated heterocycles. The summed E-state index contributed by atoms with van der Waals surface area (Å²) in [5.41, 5.74) is 1.92. The summed E-state index contributed by atoms with van der Waals surface area (Å²) in [4.78, 5) is 10.9. The van der Waals surface area contributed by atoms with Crippen LogP contribution in [0.1, 0.15) is 41.3 Å². The molecule has 0 fully saturated rings. The first-order chi connectivity index (χ1) is 6.43. The van der Waals surface area contributed by atoms with Crippen molar-refractivity contribution in [1.29, 1.82) is 0 Å². The third-order valence-corrected chi connectivity index (χ3v) is 2.52. The van der Waals surface area contributed by atoms with Crippen molar-refractivity contribution in [2.24, 2.45) is 0 Å². The van der Waals surface area contributed by atoms with E-state index in [-0.39, 0.29) is 5.92 Å². The number of hydrogen-bond acceptors (Lipinski definition) is 1. The second kappa shape index (κ2) is 4.01. The van der Waals surface area contributed by atoms with E-state index in [0.717, 1.165) is 5.56 Å². The molecule has 1 rings (SSSR count). The number of aryl methyl sites for hydroxylation is 1. The highest BCUT2D eigenvalue weighted by molar-refractivity contribution is 6.31. The maximum Gasteiger partial charge on any atom is 0.335 e. The number of carboxylic acid groups (broad SMARTS) is 1. The SMILES string of the molecule is Cc1cc(Cl)c(C(C)C)cc1C(=O)O. The van der Waals surface area contributed by atoms with Crippen LogP contribution in [0.2, 0.25) is 5.02 Å². The summed E-state index contributed by atoms with van der Waals surface area (Å²) in [6.45, 7) is 5.73. The maximum atomic E-state index is 10.9. The fraction of sp³-hybridized carbons (Fsp3) is 0.364. The van der Waals surface area contributed by atoms with Crippen molar-refractivity contribution in [3.05, 3.63) is 33.8 Å². The minimum absolute atomic E-state index is 0.237. The average Bonchev–Trinajstić information content (AvgIpc) is 2.02. The van der Waals surface area contributed by atoms with Crippen molar-refractivity contribution in [1.82, 2.24) is 0 Å². The normalized spacial score (nSPS) is 10.6. The highest BCUT2D eigenvalue weighted by Crippen LogP contribution is 2.27. The van der Waals surface area contributed by atoms with Crippen LogP contribution in [0, 0.1) is 6.92 Å². The molecular formula is C11H13ClO2. The highest BCUT2D eigenvalue weighted by atomic mass is 35.5. The second-order valence-corrected chi connectivity index (χ2v) is 4.06. The molecule has 0 saturated carbocycles. The van der Waals surface area contributed by atoms with Gasteiger partial charge in [-0.2, -0.15) is 0 Å². The van der Waals surface area contributed by atoms with Gasteiger partial charge in [0.05, 0.1) is 5.56 Å². The summed E-state index contributed by atoms with van der Waals surface area (Å²) >= 11 is 6.01. The van der Waals surface area contributed by atoms with Crippen LogP contribution in [0.3, 0.4) is 0 Å². The number of carbonyl (C=O) groups is 1. The minimum Gasteiger partial charge on any atom is -0.478 e. The van der Waals surface area contributed by atoms with Gasteiger partial charge >= 0.3 is 5.97 Å². The minimum atomic E-state index is -0.902. The summed E-state index contributed by atoms with van der Waals surface area (Å²) in [7, 11) is 0. The van der Waals surface area contributed by atoms with E-state index in [1.165, 1.54) is 0 Å².